The molecule has 3 heteroatoms. The molecular formula is C12H20F2O. The predicted octanol–water partition coefficient (Wildman–Crippen LogP) is 3.70. The first-order chi connectivity index (χ1) is 7.27. The molecule has 0 amide bonds. The molecule has 0 aromatic heterocycles. The minimum Gasteiger partial charge on any atom is -0.364 e. The van der Waals surface area contributed by atoms with Crippen LogP contribution in [0.25, 0.3) is 0 Å². The van der Waals surface area contributed by atoms with Crippen molar-refractivity contribution >= 4 is 0 Å². The van der Waals surface area contributed by atoms with E-state index in [1.165, 1.54) is 6.08 Å². The van der Waals surface area contributed by atoms with Crippen molar-refractivity contribution in [3.8, 4) is 0 Å². The first-order valence-electron chi connectivity index (χ1n) is 5.47. The Bertz CT molecular complexity index is 176. The van der Waals surface area contributed by atoms with E-state index in [0.717, 1.165) is 32.1 Å². The van der Waals surface area contributed by atoms with Gasteiger partial charge in [-0.2, -0.15) is 0 Å². The Balaban J connectivity index is 3.11. The number of allylic oxidation sites excluding steroid dienone is 4. The minimum absolute atomic E-state index is 0.245. The standard InChI is InChI=1S/C12H20F2O/c13-11-9-7-5-3-1-2-4-6-8-10-12(14)15/h3,5,7,9,12,15H,1-2,4,6,8,10-11H2. The van der Waals surface area contributed by atoms with Crippen LogP contribution < -0.4 is 0 Å². The maximum absolute atomic E-state index is 12.0. The van der Waals surface area contributed by atoms with Crippen LogP contribution in [-0.2, 0) is 0 Å². The van der Waals surface area contributed by atoms with Gasteiger partial charge in [0.15, 0.2) is 6.36 Å². The molecule has 0 aliphatic carbocycles. The molecule has 0 aliphatic heterocycles. The molecule has 0 fully saturated rings. The summed E-state index contributed by atoms with van der Waals surface area (Å²) in [6.07, 6.45) is 10.3. The van der Waals surface area contributed by atoms with Gasteiger partial charge in [0.25, 0.3) is 0 Å². The minimum atomic E-state index is -1.66. The fourth-order valence-corrected chi connectivity index (χ4v) is 1.23. The number of rotatable bonds is 9. The highest BCUT2D eigenvalue weighted by atomic mass is 19.1. The van der Waals surface area contributed by atoms with Crippen molar-refractivity contribution in [1.29, 1.82) is 0 Å². The maximum atomic E-state index is 12.0. The van der Waals surface area contributed by atoms with Crippen LogP contribution in [0.1, 0.15) is 38.5 Å². The molecule has 1 unspecified atom stereocenters. The fourth-order valence-electron chi connectivity index (χ4n) is 1.23. The van der Waals surface area contributed by atoms with Crippen molar-refractivity contribution < 1.29 is 13.9 Å². The third kappa shape index (κ3) is 13.3. The number of alkyl halides is 2. The van der Waals surface area contributed by atoms with Crippen LogP contribution in [0.5, 0.6) is 0 Å². The molecule has 1 atom stereocenters. The van der Waals surface area contributed by atoms with Gasteiger partial charge in [-0.1, -0.05) is 37.1 Å². The third-order valence-corrected chi connectivity index (χ3v) is 2.04. The summed E-state index contributed by atoms with van der Waals surface area (Å²) in [4.78, 5) is 0. The Labute approximate surface area is 90.5 Å². The molecule has 0 aromatic carbocycles. The Morgan fingerprint density at radius 2 is 1.67 bits per heavy atom. The molecule has 0 bridgehead atoms. The first kappa shape index (κ1) is 14.3. The lowest BCUT2D eigenvalue weighted by Gasteiger charge is -2.00. The molecule has 0 radical (unpaired) electrons. The highest BCUT2D eigenvalue weighted by Gasteiger charge is 1.97. The number of aliphatic hydroxyl groups is 1. The lowest BCUT2D eigenvalue weighted by atomic mass is 10.1. The monoisotopic (exact) mass is 218 g/mol. The second kappa shape index (κ2) is 11.4. The molecule has 0 rings (SSSR count). The average molecular weight is 218 g/mol. The highest BCUT2D eigenvalue weighted by molar-refractivity contribution is 5.02. The Morgan fingerprint density at radius 3 is 2.33 bits per heavy atom. The van der Waals surface area contributed by atoms with Crippen molar-refractivity contribution in [1.82, 2.24) is 0 Å². The summed E-state index contributed by atoms with van der Waals surface area (Å²) in [5.41, 5.74) is 0. The number of hydrogen-bond acceptors (Lipinski definition) is 1. The molecule has 1 N–H and O–H groups in total. The molecular weight excluding hydrogens is 198 g/mol. The summed E-state index contributed by atoms with van der Waals surface area (Å²) in [7, 11) is 0. The molecule has 1 nitrogen and oxygen atoms in total. The van der Waals surface area contributed by atoms with Crippen molar-refractivity contribution in [3.63, 3.8) is 0 Å². The van der Waals surface area contributed by atoms with E-state index in [-0.39, 0.29) is 6.42 Å². The predicted molar refractivity (Wildman–Crippen MR) is 59.1 cm³/mol. The molecule has 88 valence electrons. The summed E-state index contributed by atoms with van der Waals surface area (Å²) in [6.45, 7) is -0.421. The maximum Gasteiger partial charge on any atom is 0.196 e. The van der Waals surface area contributed by atoms with E-state index in [2.05, 4.69) is 0 Å². The smallest absolute Gasteiger partial charge is 0.196 e. The number of aliphatic hydroxyl groups excluding tert-OH is 1. The Hall–Kier alpha value is -0.700. The first-order valence-corrected chi connectivity index (χ1v) is 5.47. The molecule has 0 saturated heterocycles. The van der Waals surface area contributed by atoms with Gasteiger partial charge in [0.2, 0.25) is 0 Å². The van der Waals surface area contributed by atoms with E-state index >= 15 is 0 Å². The van der Waals surface area contributed by atoms with Crippen LogP contribution in [0, 0.1) is 0 Å². The average Bonchev–Trinajstić information content (AvgIpc) is 2.20. The van der Waals surface area contributed by atoms with Gasteiger partial charge >= 0.3 is 0 Å². The summed E-state index contributed by atoms with van der Waals surface area (Å²) in [5.74, 6) is 0. The van der Waals surface area contributed by atoms with Crippen molar-refractivity contribution in [2.24, 2.45) is 0 Å². The Kier molecular flexibility index (Phi) is 10.8. The second-order valence-electron chi connectivity index (χ2n) is 3.44. The van der Waals surface area contributed by atoms with E-state index in [1.807, 2.05) is 12.2 Å². The van der Waals surface area contributed by atoms with Gasteiger partial charge in [0, 0.05) is 6.42 Å². The lowest BCUT2D eigenvalue weighted by molar-refractivity contribution is 0.0323. The number of hydrogen-bond donors (Lipinski definition) is 1. The van der Waals surface area contributed by atoms with Gasteiger partial charge < -0.3 is 5.11 Å². The Morgan fingerprint density at radius 1 is 1.00 bits per heavy atom. The van der Waals surface area contributed by atoms with E-state index in [1.54, 1.807) is 6.08 Å². The molecule has 0 spiro atoms. The summed E-state index contributed by atoms with van der Waals surface area (Å²) < 4.78 is 23.6. The van der Waals surface area contributed by atoms with E-state index in [4.69, 9.17) is 5.11 Å². The van der Waals surface area contributed by atoms with Crippen molar-refractivity contribution in [2.45, 2.75) is 44.9 Å². The zero-order valence-corrected chi connectivity index (χ0v) is 9.04. The van der Waals surface area contributed by atoms with E-state index in [0.29, 0.717) is 0 Å². The van der Waals surface area contributed by atoms with Crippen molar-refractivity contribution in [2.75, 3.05) is 6.67 Å². The summed E-state index contributed by atoms with van der Waals surface area (Å²) in [6, 6.07) is 0. The van der Waals surface area contributed by atoms with Gasteiger partial charge in [-0.05, 0) is 19.3 Å². The van der Waals surface area contributed by atoms with Gasteiger partial charge in [0.05, 0.1) is 0 Å². The largest absolute Gasteiger partial charge is 0.364 e. The number of halogens is 2. The SMILES string of the molecule is OC(F)CCCCCCC=CC=CCF. The second-order valence-corrected chi connectivity index (χ2v) is 3.44. The van der Waals surface area contributed by atoms with Crippen LogP contribution in [-0.4, -0.2) is 18.1 Å². The topological polar surface area (TPSA) is 20.2 Å². The molecule has 0 aliphatic rings. The zero-order valence-electron chi connectivity index (χ0n) is 9.04. The van der Waals surface area contributed by atoms with Crippen LogP contribution in [0.3, 0.4) is 0 Å². The van der Waals surface area contributed by atoms with Gasteiger partial charge in [-0.25, -0.2) is 8.78 Å². The molecule has 0 heterocycles. The van der Waals surface area contributed by atoms with Crippen LogP contribution in [0.15, 0.2) is 24.3 Å². The highest BCUT2D eigenvalue weighted by Crippen LogP contribution is 2.08. The number of unbranched alkanes of at least 4 members (excludes halogenated alkanes) is 4. The third-order valence-electron chi connectivity index (χ3n) is 2.04. The zero-order chi connectivity index (χ0) is 11.4. The normalized spacial score (nSPS) is 14.1. The summed E-state index contributed by atoms with van der Waals surface area (Å²) >= 11 is 0. The molecule has 15 heavy (non-hydrogen) atoms. The molecule has 0 saturated carbocycles. The summed E-state index contributed by atoms with van der Waals surface area (Å²) in [5, 5.41) is 8.36. The van der Waals surface area contributed by atoms with Gasteiger partial charge in [-0.15, -0.1) is 0 Å². The lowest BCUT2D eigenvalue weighted by Crippen LogP contribution is -1.95. The molecule has 0 aromatic rings. The van der Waals surface area contributed by atoms with Crippen LogP contribution in [0.2, 0.25) is 0 Å². The van der Waals surface area contributed by atoms with Crippen molar-refractivity contribution in [3.05, 3.63) is 24.3 Å². The van der Waals surface area contributed by atoms with Crippen LogP contribution in [0.4, 0.5) is 8.78 Å². The fraction of sp³-hybridized carbons (Fsp3) is 0.667. The quantitative estimate of drug-likeness (QED) is 0.462. The van der Waals surface area contributed by atoms with Gasteiger partial charge in [0.1, 0.15) is 6.67 Å². The van der Waals surface area contributed by atoms with Crippen LogP contribution >= 0.6 is 0 Å². The van der Waals surface area contributed by atoms with E-state index < -0.39 is 13.0 Å². The van der Waals surface area contributed by atoms with E-state index in [9.17, 15) is 8.78 Å². The van der Waals surface area contributed by atoms with Gasteiger partial charge in [-0.3, -0.25) is 0 Å².